The van der Waals surface area contributed by atoms with Crippen LogP contribution in [0.4, 0.5) is 0 Å². The lowest BCUT2D eigenvalue weighted by Gasteiger charge is -2.69. The van der Waals surface area contributed by atoms with Crippen molar-refractivity contribution in [2.75, 3.05) is 6.61 Å². The van der Waals surface area contributed by atoms with Crippen LogP contribution in [0.25, 0.3) is 0 Å². The Labute approximate surface area is 181 Å². The van der Waals surface area contributed by atoms with E-state index in [9.17, 15) is 20.1 Å². The van der Waals surface area contributed by atoms with Crippen LogP contribution in [0.5, 0.6) is 0 Å². The van der Waals surface area contributed by atoms with Crippen LogP contribution in [-0.4, -0.2) is 57.4 Å². The highest BCUT2D eigenvalue weighted by molar-refractivity contribution is 5.66. The minimum Gasteiger partial charge on any atom is -0.459 e. The number of hydrogen-bond donors (Lipinski definition) is 3. The Kier molecular flexibility index (Phi) is 4.56. The summed E-state index contributed by atoms with van der Waals surface area (Å²) in [5.41, 5.74) is -2.88. The van der Waals surface area contributed by atoms with Gasteiger partial charge in [-0.05, 0) is 32.1 Å². The number of aliphatic hydroxyl groups is 3. The number of esters is 1. The molecule has 0 radical (unpaired) electrons. The molecule has 3 N–H and O–H groups in total. The van der Waals surface area contributed by atoms with Crippen molar-refractivity contribution < 1.29 is 31.0 Å². The van der Waals surface area contributed by atoms with Crippen LogP contribution >= 0.6 is 0 Å². The number of carbonyl (C=O) groups is 1. The van der Waals surface area contributed by atoms with Gasteiger partial charge in [0.1, 0.15) is 17.3 Å². The Morgan fingerprint density at radius 1 is 1.27 bits per heavy atom. The molecule has 2 saturated carbocycles. The highest BCUT2D eigenvalue weighted by Crippen LogP contribution is 2.66. The third-order valence-corrected chi connectivity index (χ3v) is 9.44. The van der Waals surface area contributed by atoms with E-state index in [2.05, 4.69) is 0 Å². The Morgan fingerprint density at radius 3 is 2.43 bits per heavy atom. The van der Waals surface area contributed by atoms with Crippen LogP contribution in [0.2, 0.25) is 0 Å². The summed E-state index contributed by atoms with van der Waals surface area (Å²) in [7, 11) is 0. The molecule has 3 unspecified atom stereocenters. The second-order valence-electron chi connectivity index (χ2n) is 11.1. The maximum absolute atomic E-state index is 12.4. The van der Waals surface area contributed by atoms with Gasteiger partial charge in [0.25, 0.3) is 0 Å². The van der Waals surface area contributed by atoms with Crippen molar-refractivity contribution in [2.24, 2.45) is 28.6 Å². The molecule has 10 atom stereocenters. The molecule has 30 heavy (non-hydrogen) atoms. The summed E-state index contributed by atoms with van der Waals surface area (Å²) >= 11 is 0. The maximum Gasteiger partial charge on any atom is 0.303 e. The van der Waals surface area contributed by atoms with E-state index in [1.165, 1.54) is 6.92 Å². The zero-order chi connectivity index (χ0) is 23.3. The van der Waals surface area contributed by atoms with Gasteiger partial charge in [-0.1, -0.05) is 45.8 Å². The van der Waals surface area contributed by atoms with Gasteiger partial charge in [0.15, 0.2) is 0 Å². The number of rotatable bonds is 1. The molecule has 0 aromatic heterocycles. The van der Waals surface area contributed by atoms with E-state index < -0.39 is 58.6 Å². The first-order valence-electron chi connectivity index (χ1n) is 11.8. The standard InChI is InChI=1S/C24H38O6/c1-12-8-9-24(28)20(30-15(4)25)18-22(7,13(2)10-16-23(18,27)11-29-16)19(26)14(3)17(12)21(24,5)6/h13-14,16,18-20,26-28H,8-11H2,1-7H3/t13-,14+,16+,18?,19+,20?,22+,23-,24+/m0/s1/i8T/t8?,13-,14+,16+,18?,19+,20?,22+,23-,24+. The Bertz CT molecular complexity index is 825. The summed E-state index contributed by atoms with van der Waals surface area (Å²) < 4.78 is 20.3. The Balaban J connectivity index is 2.05. The van der Waals surface area contributed by atoms with Gasteiger partial charge < -0.3 is 24.8 Å². The molecule has 0 aromatic rings. The van der Waals surface area contributed by atoms with Crippen LogP contribution in [0.1, 0.15) is 69.1 Å². The molecule has 6 nitrogen and oxygen atoms in total. The fourth-order valence-corrected chi connectivity index (χ4v) is 7.53. The first-order chi connectivity index (χ1) is 14.1. The molecule has 0 aromatic carbocycles. The van der Waals surface area contributed by atoms with Gasteiger partial charge in [-0.2, -0.15) is 0 Å². The summed E-state index contributed by atoms with van der Waals surface area (Å²) in [4.78, 5) is 12.3. The molecule has 4 rings (SSSR count). The molecule has 0 amide bonds. The fourth-order valence-electron chi connectivity index (χ4n) is 7.53. The van der Waals surface area contributed by atoms with Gasteiger partial charge in [-0.25, -0.2) is 0 Å². The second-order valence-corrected chi connectivity index (χ2v) is 11.1. The SMILES string of the molecule is [3H]C1C[C@@]2(O)C(OC(C)=O)C3[C@](C)([C@H](O)[C@H](C)C(=C1C)C2(C)C)[C@@H](C)C[C@H]1OC[C@@]31O. The Morgan fingerprint density at radius 2 is 1.90 bits per heavy atom. The molecule has 2 bridgehead atoms. The van der Waals surface area contributed by atoms with Crippen LogP contribution in [-0.2, 0) is 14.3 Å². The molecule has 3 aliphatic carbocycles. The lowest BCUT2D eigenvalue weighted by Crippen LogP contribution is -2.79. The molecule has 1 saturated heterocycles. The molecule has 6 heteroatoms. The third kappa shape index (κ3) is 2.48. The van der Waals surface area contributed by atoms with Crippen molar-refractivity contribution in [2.45, 2.75) is 97.2 Å². The molecule has 0 spiro atoms. The highest BCUT2D eigenvalue weighted by atomic mass is 16.6. The van der Waals surface area contributed by atoms with Crippen molar-refractivity contribution in [3.05, 3.63) is 11.1 Å². The smallest absolute Gasteiger partial charge is 0.303 e. The summed E-state index contributed by atoms with van der Waals surface area (Å²) in [5.74, 6) is -1.66. The predicted octanol–water partition coefficient (Wildman–Crippen LogP) is 2.59. The van der Waals surface area contributed by atoms with Gasteiger partial charge in [0.2, 0.25) is 0 Å². The first-order valence-corrected chi connectivity index (χ1v) is 11.2. The Hall–Kier alpha value is -0.950. The minimum atomic E-state index is -1.58. The summed E-state index contributed by atoms with van der Waals surface area (Å²) in [6.45, 7) is 13.1. The van der Waals surface area contributed by atoms with Gasteiger partial charge in [0, 0.05) is 31.0 Å². The fraction of sp³-hybridized carbons (Fsp3) is 0.875. The summed E-state index contributed by atoms with van der Waals surface area (Å²) in [5, 5.41) is 36.0. The van der Waals surface area contributed by atoms with Crippen LogP contribution in [0.3, 0.4) is 0 Å². The average molecular weight is 425 g/mol. The van der Waals surface area contributed by atoms with E-state index in [4.69, 9.17) is 10.8 Å². The van der Waals surface area contributed by atoms with Crippen LogP contribution in [0, 0.1) is 28.6 Å². The molecular weight excluding hydrogens is 384 g/mol. The number of allylic oxidation sites excluding steroid dienone is 1. The quantitative estimate of drug-likeness (QED) is 0.442. The lowest BCUT2D eigenvalue weighted by molar-refractivity contribution is -0.355. The van der Waals surface area contributed by atoms with Gasteiger partial charge in [-0.15, -0.1) is 0 Å². The molecule has 3 fully saturated rings. The van der Waals surface area contributed by atoms with Crippen molar-refractivity contribution in [3.63, 3.8) is 0 Å². The third-order valence-electron chi connectivity index (χ3n) is 9.44. The predicted molar refractivity (Wildman–Crippen MR) is 111 cm³/mol. The van der Waals surface area contributed by atoms with Crippen LogP contribution in [0.15, 0.2) is 11.1 Å². The van der Waals surface area contributed by atoms with Crippen molar-refractivity contribution in [1.82, 2.24) is 0 Å². The van der Waals surface area contributed by atoms with Crippen molar-refractivity contribution >= 4 is 5.97 Å². The minimum absolute atomic E-state index is 0.0446. The van der Waals surface area contributed by atoms with E-state index in [0.717, 1.165) is 11.1 Å². The highest BCUT2D eigenvalue weighted by Gasteiger charge is 2.74. The number of ether oxygens (including phenoxy) is 2. The number of fused-ring (bicyclic) bond motifs is 5. The molecule has 4 aliphatic rings. The molecule has 1 heterocycles. The topological polar surface area (TPSA) is 96.2 Å². The van der Waals surface area contributed by atoms with Gasteiger partial charge in [0.05, 0.1) is 18.8 Å². The normalized spacial score (nSPS) is 55.3. The zero-order valence-electron chi connectivity index (χ0n) is 20.2. The number of carbonyl (C=O) groups excluding carboxylic acids is 1. The summed E-state index contributed by atoms with van der Waals surface area (Å²) in [6.07, 6.45) is -2.37. The molecule has 170 valence electrons. The number of hydrogen-bond acceptors (Lipinski definition) is 6. The monoisotopic (exact) mass is 424 g/mol. The van der Waals surface area contributed by atoms with Crippen molar-refractivity contribution in [1.29, 1.82) is 0 Å². The van der Waals surface area contributed by atoms with Gasteiger partial charge in [-0.3, -0.25) is 4.79 Å². The van der Waals surface area contributed by atoms with E-state index >= 15 is 0 Å². The largest absolute Gasteiger partial charge is 0.459 e. The van der Waals surface area contributed by atoms with E-state index in [1.807, 2.05) is 41.5 Å². The van der Waals surface area contributed by atoms with Gasteiger partial charge >= 0.3 is 5.97 Å². The van der Waals surface area contributed by atoms with Crippen molar-refractivity contribution in [3.8, 4) is 0 Å². The van der Waals surface area contributed by atoms with E-state index in [1.54, 1.807) is 0 Å². The lowest BCUT2D eigenvalue weighted by atomic mass is 9.42. The average Bonchev–Trinajstić information content (AvgIpc) is 2.66. The second kappa shape index (κ2) is 6.53. The molecule has 1 aliphatic heterocycles. The van der Waals surface area contributed by atoms with E-state index in [0.29, 0.717) is 6.42 Å². The number of aliphatic hydroxyl groups excluding tert-OH is 1. The van der Waals surface area contributed by atoms with E-state index in [-0.39, 0.29) is 24.9 Å². The molecular formula is C24H38O6. The zero-order valence-corrected chi connectivity index (χ0v) is 19.2. The maximum atomic E-state index is 12.4. The first kappa shape index (κ1) is 20.9. The van der Waals surface area contributed by atoms with Crippen LogP contribution < -0.4 is 0 Å². The summed E-state index contributed by atoms with van der Waals surface area (Å²) in [6, 6.07) is 0.